The topological polar surface area (TPSA) is 64.2 Å². The van der Waals surface area contributed by atoms with Gasteiger partial charge in [-0.25, -0.2) is 0 Å². The van der Waals surface area contributed by atoms with Gasteiger partial charge in [-0.1, -0.05) is 37.2 Å². The number of anilines is 1. The van der Waals surface area contributed by atoms with Crippen LogP contribution in [0.15, 0.2) is 40.3 Å². The second-order valence-corrected chi connectivity index (χ2v) is 6.49. The van der Waals surface area contributed by atoms with Gasteiger partial charge < -0.3 is 10.6 Å². The minimum Gasteiger partial charge on any atom is -0.385 e. The highest BCUT2D eigenvalue weighted by Gasteiger charge is 2.11. The molecule has 0 fully saturated rings. The molecule has 7 heteroatoms. The summed E-state index contributed by atoms with van der Waals surface area (Å²) in [6, 6.07) is 8.64. The van der Waals surface area contributed by atoms with E-state index in [0.29, 0.717) is 16.0 Å². The van der Waals surface area contributed by atoms with E-state index in [1.165, 1.54) is 17.8 Å². The summed E-state index contributed by atoms with van der Waals surface area (Å²) in [4.78, 5) is 18.2. The van der Waals surface area contributed by atoms with Gasteiger partial charge in [0.1, 0.15) is 5.82 Å². The second kappa shape index (κ2) is 8.38. The smallest absolute Gasteiger partial charge is 0.275 e. The third kappa shape index (κ3) is 4.73. The van der Waals surface area contributed by atoms with Gasteiger partial charge in [-0.2, -0.15) is 4.98 Å². The molecule has 5 nitrogen and oxygen atoms in total. The maximum Gasteiger partial charge on any atom is 0.275 e. The number of benzene rings is 1. The lowest BCUT2D eigenvalue weighted by Gasteiger charge is -2.18. The van der Waals surface area contributed by atoms with Crippen molar-refractivity contribution in [1.82, 2.24) is 14.5 Å². The molecule has 0 saturated heterocycles. The molecule has 0 spiro atoms. The van der Waals surface area contributed by atoms with Crippen molar-refractivity contribution in [2.75, 3.05) is 31.1 Å². The molecule has 23 heavy (non-hydrogen) atoms. The summed E-state index contributed by atoms with van der Waals surface area (Å²) in [5.41, 5.74) is 6.56. The van der Waals surface area contributed by atoms with E-state index in [2.05, 4.69) is 23.7 Å². The van der Waals surface area contributed by atoms with Gasteiger partial charge in [0, 0.05) is 29.1 Å². The average Bonchev–Trinajstić information content (AvgIpc) is 2.52. The lowest BCUT2D eigenvalue weighted by molar-refractivity contribution is 0.324. The number of hydrogen-bond acceptors (Lipinski definition) is 5. The monoisotopic (exact) mass is 352 g/mol. The Bertz CT molecular complexity index is 698. The number of halogens is 1. The normalized spacial score (nSPS) is 11.1. The zero-order valence-electron chi connectivity index (χ0n) is 13.3. The zero-order chi connectivity index (χ0) is 16.8. The second-order valence-electron chi connectivity index (χ2n) is 4.99. The van der Waals surface area contributed by atoms with Crippen molar-refractivity contribution < 1.29 is 0 Å². The van der Waals surface area contributed by atoms with Crippen LogP contribution in [0.4, 0.5) is 5.82 Å². The van der Waals surface area contributed by atoms with E-state index in [-0.39, 0.29) is 5.56 Å². The molecule has 1 heterocycles. The largest absolute Gasteiger partial charge is 0.385 e. The quantitative estimate of drug-likeness (QED) is 0.613. The maximum atomic E-state index is 11.7. The Balaban J connectivity index is 2.27. The first-order valence-corrected chi connectivity index (χ1v) is 8.92. The maximum absolute atomic E-state index is 11.7. The lowest BCUT2D eigenvalue weighted by atomic mass is 10.3. The highest BCUT2D eigenvalue weighted by molar-refractivity contribution is 7.99. The number of rotatable bonds is 7. The summed E-state index contributed by atoms with van der Waals surface area (Å²) in [5, 5.41) is 1.25. The van der Waals surface area contributed by atoms with Crippen molar-refractivity contribution in [3.63, 3.8) is 0 Å². The Kier molecular flexibility index (Phi) is 6.50. The molecular weight excluding hydrogens is 332 g/mol. The van der Waals surface area contributed by atoms with Crippen LogP contribution in [-0.4, -0.2) is 39.8 Å². The van der Waals surface area contributed by atoms with Gasteiger partial charge in [0.05, 0.1) is 0 Å². The van der Waals surface area contributed by atoms with Crippen LogP contribution in [0.1, 0.15) is 13.8 Å². The summed E-state index contributed by atoms with van der Waals surface area (Å²) in [5.74, 6) is 1.21. The lowest BCUT2D eigenvalue weighted by Crippen LogP contribution is -2.25. The Hall–Kier alpha value is -1.50. The molecule has 0 aliphatic heterocycles. The number of nitrogen functional groups attached to an aromatic ring is 1. The van der Waals surface area contributed by atoms with Gasteiger partial charge in [0.15, 0.2) is 5.16 Å². The van der Waals surface area contributed by atoms with Crippen LogP contribution in [0.2, 0.25) is 5.02 Å². The van der Waals surface area contributed by atoms with Gasteiger partial charge in [-0.05, 0) is 37.4 Å². The summed E-state index contributed by atoms with van der Waals surface area (Å²) >= 11 is 7.47. The molecule has 0 aliphatic rings. The van der Waals surface area contributed by atoms with Crippen LogP contribution in [0, 0.1) is 0 Å². The third-order valence-corrected chi connectivity index (χ3v) is 4.72. The molecular formula is C16H21ClN4OS. The molecule has 0 amide bonds. The Labute approximate surface area is 145 Å². The van der Waals surface area contributed by atoms with Crippen LogP contribution in [0.5, 0.6) is 0 Å². The van der Waals surface area contributed by atoms with Crippen LogP contribution in [0.25, 0.3) is 5.69 Å². The highest BCUT2D eigenvalue weighted by atomic mass is 35.5. The van der Waals surface area contributed by atoms with Crippen LogP contribution < -0.4 is 11.3 Å². The summed E-state index contributed by atoms with van der Waals surface area (Å²) < 4.78 is 1.78. The fourth-order valence-electron chi connectivity index (χ4n) is 2.23. The van der Waals surface area contributed by atoms with E-state index < -0.39 is 0 Å². The van der Waals surface area contributed by atoms with Crippen molar-refractivity contribution in [3.05, 3.63) is 45.7 Å². The van der Waals surface area contributed by atoms with Crippen molar-refractivity contribution in [2.45, 2.75) is 19.0 Å². The first kappa shape index (κ1) is 17.8. The first-order chi connectivity index (χ1) is 11.0. The first-order valence-electron chi connectivity index (χ1n) is 7.55. The summed E-state index contributed by atoms with van der Waals surface area (Å²) in [6.07, 6.45) is 0. The number of hydrogen-bond donors (Lipinski definition) is 1. The van der Waals surface area contributed by atoms with Crippen LogP contribution >= 0.6 is 23.4 Å². The SMILES string of the molecule is CCN(CC)CCSc1nc(=O)cc(N)n1-c1ccc(Cl)cc1. The number of nitrogens with two attached hydrogens (primary N) is 1. The van der Waals surface area contributed by atoms with E-state index in [4.69, 9.17) is 17.3 Å². The molecule has 1 aromatic carbocycles. The summed E-state index contributed by atoms with van der Waals surface area (Å²) in [7, 11) is 0. The molecule has 0 atom stereocenters. The third-order valence-electron chi connectivity index (χ3n) is 3.54. The molecule has 0 radical (unpaired) electrons. The number of thioether (sulfide) groups is 1. The van der Waals surface area contributed by atoms with Crippen LogP contribution in [-0.2, 0) is 0 Å². The Morgan fingerprint density at radius 3 is 2.52 bits per heavy atom. The number of aromatic nitrogens is 2. The summed E-state index contributed by atoms with van der Waals surface area (Å²) in [6.45, 7) is 7.22. The van der Waals surface area contributed by atoms with Crippen molar-refractivity contribution in [3.8, 4) is 5.69 Å². The van der Waals surface area contributed by atoms with Crippen molar-refractivity contribution in [2.24, 2.45) is 0 Å². The van der Waals surface area contributed by atoms with Gasteiger partial charge in [0.2, 0.25) is 0 Å². The van der Waals surface area contributed by atoms with E-state index in [1.807, 2.05) is 12.1 Å². The molecule has 0 bridgehead atoms. The van der Waals surface area contributed by atoms with E-state index in [1.54, 1.807) is 16.7 Å². The van der Waals surface area contributed by atoms with Gasteiger partial charge in [-0.15, -0.1) is 0 Å². The average molecular weight is 353 g/mol. The molecule has 2 rings (SSSR count). The van der Waals surface area contributed by atoms with E-state index in [9.17, 15) is 4.79 Å². The molecule has 124 valence electrons. The predicted molar refractivity (Wildman–Crippen MR) is 97.8 cm³/mol. The molecule has 1 aromatic heterocycles. The minimum atomic E-state index is -0.321. The molecule has 2 aromatic rings. The van der Waals surface area contributed by atoms with Gasteiger partial charge >= 0.3 is 0 Å². The molecule has 0 unspecified atom stereocenters. The fraction of sp³-hybridized carbons (Fsp3) is 0.375. The highest BCUT2D eigenvalue weighted by Crippen LogP contribution is 2.23. The Morgan fingerprint density at radius 2 is 1.91 bits per heavy atom. The Morgan fingerprint density at radius 1 is 1.26 bits per heavy atom. The van der Waals surface area contributed by atoms with Gasteiger partial charge in [0.25, 0.3) is 5.56 Å². The predicted octanol–water partition coefficient (Wildman–Crippen LogP) is 2.90. The van der Waals surface area contributed by atoms with Crippen molar-refractivity contribution >= 4 is 29.2 Å². The molecule has 0 saturated carbocycles. The van der Waals surface area contributed by atoms with Gasteiger partial charge in [-0.3, -0.25) is 9.36 Å². The fourth-order valence-corrected chi connectivity index (χ4v) is 3.38. The standard InChI is InChI=1S/C16H21ClN4OS/c1-3-20(4-2)9-10-23-16-19-15(22)11-14(18)21(16)13-7-5-12(17)6-8-13/h5-8,11H,3-4,9-10,18H2,1-2H3. The number of nitrogens with zero attached hydrogens (tertiary/aromatic N) is 3. The van der Waals surface area contributed by atoms with E-state index in [0.717, 1.165) is 31.1 Å². The molecule has 0 aliphatic carbocycles. The van der Waals surface area contributed by atoms with Crippen molar-refractivity contribution in [1.29, 1.82) is 0 Å². The zero-order valence-corrected chi connectivity index (χ0v) is 14.9. The van der Waals surface area contributed by atoms with Crippen LogP contribution in [0.3, 0.4) is 0 Å². The molecule has 2 N–H and O–H groups in total. The van der Waals surface area contributed by atoms with E-state index >= 15 is 0 Å². The minimum absolute atomic E-state index is 0.321.